The topological polar surface area (TPSA) is 74.5 Å². The van der Waals surface area contributed by atoms with Gasteiger partial charge in [-0.05, 0) is 68.7 Å². The smallest absolute Gasteiger partial charge is 0.277 e. The molecular weight excluding hydrogens is 376 g/mol. The molecule has 6 nitrogen and oxygen atoms in total. The average molecular weight is 396 g/mol. The number of hydrogen-bond acceptors (Lipinski definition) is 7. The van der Waals surface area contributed by atoms with E-state index in [1.807, 2.05) is 52.0 Å². The first-order valence-electron chi connectivity index (χ1n) is 8.94. The predicted octanol–water partition coefficient (Wildman–Crippen LogP) is 4.75. The molecule has 1 aliphatic rings. The monoisotopic (exact) mass is 396 g/mol. The summed E-state index contributed by atoms with van der Waals surface area (Å²) in [7, 11) is 0. The van der Waals surface area contributed by atoms with Gasteiger partial charge in [0.05, 0.1) is 5.25 Å². The van der Waals surface area contributed by atoms with E-state index in [1.165, 1.54) is 17.3 Å². The van der Waals surface area contributed by atoms with Gasteiger partial charge in [-0.15, -0.1) is 10.2 Å². The number of aromatic nitrogens is 2. The molecule has 0 saturated heterocycles. The molecular formula is C21H20N2O4S. The predicted molar refractivity (Wildman–Crippen MR) is 106 cm³/mol. The molecule has 1 atom stereocenters. The van der Waals surface area contributed by atoms with Gasteiger partial charge in [-0.1, -0.05) is 17.8 Å². The van der Waals surface area contributed by atoms with Crippen molar-refractivity contribution in [2.45, 2.75) is 38.2 Å². The summed E-state index contributed by atoms with van der Waals surface area (Å²) in [4.78, 5) is 12.9. The molecule has 0 amide bonds. The van der Waals surface area contributed by atoms with E-state index in [0.29, 0.717) is 22.6 Å². The number of benzene rings is 2. The highest BCUT2D eigenvalue weighted by Gasteiger charge is 2.22. The number of ketones is 1. The number of fused-ring (bicyclic) bond motifs is 1. The minimum Gasteiger partial charge on any atom is -0.454 e. The van der Waals surface area contributed by atoms with Gasteiger partial charge in [0.15, 0.2) is 17.3 Å². The van der Waals surface area contributed by atoms with Crippen molar-refractivity contribution in [3.05, 3.63) is 52.6 Å². The lowest BCUT2D eigenvalue weighted by molar-refractivity contribution is 0.0993. The minimum atomic E-state index is -0.342. The molecule has 1 aliphatic heterocycles. The Hall–Kier alpha value is -2.80. The Morgan fingerprint density at radius 1 is 1.00 bits per heavy atom. The highest BCUT2D eigenvalue weighted by atomic mass is 32.2. The second-order valence-corrected chi connectivity index (χ2v) is 8.11. The largest absolute Gasteiger partial charge is 0.454 e. The number of aryl methyl sites for hydroxylation is 3. The van der Waals surface area contributed by atoms with Crippen molar-refractivity contribution in [2.24, 2.45) is 0 Å². The van der Waals surface area contributed by atoms with Crippen LogP contribution in [0, 0.1) is 20.8 Å². The van der Waals surface area contributed by atoms with Gasteiger partial charge in [-0.2, -0.15) is 0 Å². The van der Waals surface area contributed by atoms with E-state index in [9.17, 15) is 4.79 Å². The van der Waals surface area contributed by atoms with Crippen LogP contribution in [0.2, 0.25) is 0 Å². The van der Waals surface area contributed by atoms with Crippen LogP contribution in [0.5, 0.6) is 11.5 Å². The first-order valence-corrected chi connectivity index (χ1v) is 9.82. The zero-order chi connectivity index (χ0) is 19.8. The Morgan fingerprint density at radius 3 is 2.57 bits per heavy atom. The average Bonchev–Trinajstić information content (AvgIpc) is 3.32. The third-order valence-electron chi connectivity index (χ3n) is 4.78. The van der Waals surface area contributed by atoms with Crippen LogP contribution in [-0.2, 0) is 0 Å². The van der Waals surface area contributed by atoms with Crippen molar-refractivity contribution >= 4 is 17.5 Å². The summed E-state index contributed by atoms with van der Waals surface area (Å²) in [6.07, 6.45) is 0. The van der Waals surface area contributed by atoms with Crippen molar-refractivity contribution in [1.82, 2.24) is 10.2 Å². The Kier molecular flexibility index (Phi) is 4.85. The number of carbonyl (C=O) groups is 1. The molecule has 0 radical (unpaired) electrons. The van der Waals surface area contributed by atoms with E-state index >= 15 is 0 Å². The molecule has 2 heterocycles. The molecule has 0 bridgehead atoms. The molecule has 0 saturated carbocycles. The number of nitrogens with zero attached hydrogens (tertiary/aromatic N) is 2. The van der Waals surface area contributed by atoms with Gasteiger partial charge >= 0.3 is 0 Å². The number of thioether (sulfide) groups is 1. The van der Waals surface area contributed by atoms with Crippen molar-refractivity contribution in [1.29, 1.82) is 0 Å². The first-order chi connectivity index (χ1) is 13.4. The van der Waals surface area contributed by atoms with E-state index in [0.717, 1.165) is 22.3 Å². The molecule has 1 aromatic heterocycles. The third kappa shape index (κ3) is 3.49. The fourth-order valence-electron chi connectivity index (χ4n) is 3.05. The van der Waals surface area contributed by atoms with Gasteiger partial charge < -0.3 is 13.9 Å². The molecule has 144 valence electrons. The second-order valence-electron chi connectivity index (χ2n) is 6.82. The van der Waals surface area contributed by atoms with E-state index in [-0.39, 0.29) is 17.8 Å². The van der Waals surface area contributed by atoms with Gasteiger partial charge in [-0.25, -0.2) is 0 Å². The van der Waals surface area contributed by atoms with E-state index < -0.39 is 0 Å². The van der Waals surface area contributed by atoms with Crippen LogP contribution in [0.4, 0.5) is 0 Å². The summed E-state index contributed by atoms with van der Waals surface area (Å²) in [6.45, 7) is 8.08. The number of hydrogen-bond donors (Lipinski definition) is 0. The maximum absolute atomic E-state index is 12.9. The van der Waals surface area contributed by atoms with Crippen LogP contribution in [0.1, 0.15) is 34.0 Å². The maximum atomic E-state index is 12.9. The van der Waals surface area contributed by atoms with Crippen LogP contribution in [0.25, 0.3) is 11.5 Å². The number of carbonyl (C=O) groups excluding carboxylic acids is 1. The van der Waals surface area contributed by atoms with Gasteiger partial charge in [0, 0.05) is 11.1 Å². The quantitative estimate of drug-likeness (QED) is 0.455. The lowest BCUT2D eigenvalue weighted by atomic mass is 9.97. The normalized spacial score (nSPS) is 13.6. The summed E-state index contributed by atoms with van der Waals surface area (Å²) in [5.41, 5.74) is 4.74. The summed E-state index contributed by atoms with van der Waals surface area (Å²) < 4.78 is 16.4. The van der Waals surface area contributed by atoms with Crippen LogP contribution in [-0.4, -0.2) is 28.0 Å². The van der Waals surface area contributed by atoms with Gasteiger partial charge in [0.2, 0.25) is 12.7 Å². The SMILES string of the molecule is Cc1cc(C)c(C(=O)[C@@H](C)Sc2nnc(-c3ccc4c(c3)OCO4)o2)cc1C. The van der Waals surface area contributed by atoms with Gasteiger partial charge in [0.1, 0.15) is 0 Å². The molecule has 0 unspecified atom stereocenters. The van der Waals surface area contributed by atoms with E-state index in [2.05, 4.69) is 10.2 Å². The molecule has 7 heteroatoms. The van der Waals surface area contributed by atoms with Crippen molar-refractivity contribution in [2.75, 3.05) is 6.79 Å². The maximum Gasteiger partial charge on any atom is 0.277 e. The molecule has 0 spiro atoms. The highest BCUT2D eigenvalue weighted by Crippen LogP contribution is 2.36. The molecule has 0 aliphatic carbocycles. The lowest BCUT2D eigenvalue weighted by Gasteiger charge is -2.12. The molecule has 0 fully saturated rings. The van der Waals surface area contributed by atoms with Crippen LogP contribution < -0.4 is 9.47 Å². The lowest BCUT2D eigenvalue weighted by Crippen LogP contribution is -2.15. The molecule has 3 aromatic rings. The Morgan fingerprint density at radius 2 is 1.75 bits per heavy atom. The summed E-state index contributed by atoms with van der Waals surface area (Å²) in [5, 5.41) is 8.19. The summed E-state index contributed by atoms with van der Waals surface area (Å²) in [6, 6.07) is 9.45. The summed E-state index contributed by atoms with van der Waals surface area (Å²) >= 11 is 1.26. The van der Waals surface area contributed by atoms with Crippen LogP contribution >= 0.6 is 11.8 Å². The number of rotatable bonds is 5. The second kappa shape index (κ2) is 7.31. The van der Waals surface area contributed by atoms with E-state index in [4.69, 9.17) is 13.9 Å². The fourth-order valence-corrected chi connectivity index (χ4v) is 3.80. The number of Topliss-reactive ketones (excluding diaryl/α,β-unsaturated/α-hetero) is 1. The number of ether oxygens (including phenoxy) is 2. The van der Waals surface area contributed by atoms with E-state index in [1.54, 1.807) is 6.07 Å². The van der Waals surface area contributed by atoms with Gasteiger partial charge in [-0.3, -0.25) is 4.79 Å². The third-order valence-corrected chi connectivity index (χ3v) is 5.71. The zero-order valence-corrected chi connectivity index (χ0v) is 16.9. The van der Waals surface area contributed by atoms with Crippen molar-refractivity contribution in [3.63, 3.8) is 0 Å². The highest BCUT2D eigenvalue weighted by molar-refractivity contribution is 8.00. The van der Waals surface area contributed by atoms with Crippen molar-refractivity contribution in [3.8, 4) is 23.0 Å². The Bertz CT molecular complexity index is 1060. The standard InChI is InChI=1S/C21H20N2O4S/c1-11-7-13(3)16(8-12(11)2)19(24)14(4)28-21-23-22-20(27-21)15-5-6-17-18(9-15)26-10-25-17/h5-9,14H,10H2,1-4H3/t14-/m1/s1. The fraction of sp³-hybridized carbons (Fsp3) is 0.286. The van der Waals surface area contributed by atoms with Crippen molar-refractivity contribution < 1.29 is 18.7 Å². The molecule has 0 N–H and O–H groups in total. The molecule has 28 heavy (non-hydrogen) atoms. The Labute approximate surface area is 167 Å². The zero-order valence-electron chi connectivity index (χ0n) is 16.1. The van der Waals surface area contributed by atoms with Crippen LogP contribution in [0.15, 0.2) is 40.0 Å². The molecule has 2 aromatic carbocycles. The summed E-state index contributed by atoms with van der Waals surface area (Å²) in [5.74, 6) is 1.77. The first kappa shape index (κ1) is 18.6. The van der Waals surface area contributed by atoms with Crippen LogP contribution in [0.3, 0.4) is 0 Å². The van der Waals surface area contributed by atoms with Gasteiger partial charge in [0.25, 0.3) is 5.22 Å². The molecule has 4 rings (SSSR count). The Balaban J connectivity index is 1.51. The minimum absolute atomic E-state index is 0.0495.